The van der Waals surface area contributed by atoms with Gasteiger partial charge >= 0.3 is 5.97 Å². The predicted octanol–water partition coefficient (Wildman–Crippen LogP) is 1.46. The van der Waals surface area contributed by atoms with Crippen LogP contribution in [-0.4, -0.2) is 44.2 Å². The summed E-state index contributed by atoms with van der Waals surface area (Å²) in [6, 6.07) is 5.24. The maximum atomic E-state index is 11.4. The molecule has 0 saturated carbocycles. The van der Waals surface area contributed by atoms with Crippen LogP contribution in [0.3, 0.4) is 0 Å². The summed E-state index contributed by atoms with van der Waals surface area (Å²) < 4.78 is 15.4. The summed E-state index contributed by atoms with van der Waals surface area (Å²) in [5.74, 6) is 0.507. The lowest BCUT2D eigenvalue weighted by molar-refractivity contribution is -0.145. The molecule has 7 nitrogen and oxygen atoms in total. The number of carbonyl (C=O) groups is 1. The third-order valence-electron chi connectivity index (χ3n) is 2.56. The van der Waals surface area contributed by atoms with Gasteiger partial charge in [-0.3, -0.25) is 5.43 Å². The van der Waals surface area contributed by atoms with Crippen LogP contribution in [0.25, 0.3) is 0 Å². The highest BCUT2D eigenvalue weighted by Crippen LogP contribution is 2.27. The number of carbonyl (C=O) groups excluding carboxylic acids is 1. The number of nitrogens with one attached hydrogen (secondary N) is 2. The second kappa shape index (κ2) is 10.4. The zero-order valence-corrected chi connectivity index (χ0v) is 14.2. The van der Waals surface area contributed by atoms with Crippen molar-refractivity contribution >= 4 is 29.5 Å². The van der Waals surface area contributed by atoms with Crippen molar-refractivity contribution in [1.82, 2.24) is 10.7 Å². The number of rotatable bonds is 8. The molecule has 0 amide bonds. The van der Waals surface area contributed by atoms with Crippen LogP contribution in [0.5, 0.6) is 11.5 Å². The predicted molar refractivity (Wildman–Crippen MR) is 92.1 cm³/mol. The van der Waals surface area contributed by atoms with Gasteiger partial charge in [0.1, 0.15) is 0 Å². The molecule has 0 unspecified atom stereocenters. The normalized spacial score (nSPS) is 10.2. The molecule has 2 N–H and O–H groups in total. The van der Waals surface area contributed by atoms with E-state index in [1.807, 2.05) is 6.92 Å². The standard InChI is InChI=1S/C15H21N3O4S/c1-4-16-15(23)18-17-9-11-6-7-12(20-3)13(8-11)22-10-14(19)21-5-2/h6-9H,4-5,10H2,1-3H3,(H2,16,18,23)/b17-9+. The Labute approximate surface area is 141 Å². The van der Waals surface area contributed by atoms with Crippen molar-refractivity contribution in [3.8, 4) is 11.5 Å². The first-order chi connectivity index (χ1) is 11.1. The van der Waals surface area contributed by atoms with Gasteiger partial charge in [-0.1, -0.05) is 0 Å². The molecule has 1 rings (SSSR count). The lowest BCUT2D eigenvalue weighted by Crippen LogP contribution is -2.31. The molecular formula is C15H21N3O4S. The fourth-order valence-corrected chi connectivity index (χ4v) is 1.79. The smallest absolute Gasteiger partial charge is 0.344 e. The Morgan fingerprint density at radius 2 is 2.13 bits per heavy atom. The van der Waals surface area contributed by atoms with E-state index in [0.29, 0.717) is 23.2 Å². The number of hydrazone groups is 1. The van der Waals surface area contributed by atoms with Crippen LogP contribution in [0.1, 0.15) is 19.4 Å². The zero-order valence-electron chi connectivity index (χ0n) is 13.4. The molecule has 0 aliphatic carbocycles. The summed E-state index contributed by atoms with van der Waals surface area (Å²) in [5.41, 5.74) is 3.45. The Morgan fingerprint density at radius 1 is 1.35 bits per heavy atom. The molecule has 0 aliphatic heterocycles. The van der Waals surface area contributed by atoms with Crippen LogP contribution in [-0.2, 0) is 9.53 Å². The van der Waals surface area contributed by atoms with Gasteiger partial charge < -0.3 is 19.5 Å². The molecule has 1 aromatic rings. The minimum absolute atomic E-state index is 0.187. The van der Waals surface area contributed by atoms with E-state index in [9.17, 15) is 4.79 Å². The summed E-state index contributed by atoms with van der Waals surface area (Å²) in [7, 11) is 1.52. The molecule has 0 aliphatic rings. The monoisotopic (exact) mass is 339 g/mol. The number of benzene rings is 1. The van der Waals surface area contributed by atoms with Crippen molar-refractivity contribution in [2.24, 2.45) is 5.10 Å². The molecule has 0 bridgehead atoms. The molecule has 23 heavy (non-hydrogen) atoms. The number of ether oxygens (including phenoxy) is 3. The largest absolute Gasteiger partial charge is 0.493 e. The molecule has 0 saturated heterocycles. The summed E-state index contributed by atoms with van der Waals surface area (Å²) in [6.45, 7) is 4.52. The zero-order chi connectivity index (χ0) is 17.1. The maximum absolute atomic E-state index is 11.4. The van der Waals surface area contributed by atoms with Gasteiger partial charge in [-0.2, -0.15) is 5.10 Å². The molecule has 0 fully saturated rings. The van der Waals surface area contributed by atoms with Crippen molar-refractivity contribution in [2.75, 3.05) is 26.9 Å². The first-order valence-corrected chi connectivity index (χ1v) is 7.54. The minimum Gasteiger partial charge on any atom is -0.493 e. The molecular weight excluding hydrogens is 318 g/mol. The summed E-state index contributed by atoms with van der Waals surface area (Å²) >= 11 is 5.00. The molecule has 0 atom stereocenters. The topological polar surface area (TPSA) is 81.2 Å². The second-order valence-electron chi connectivity index (χ2n) is 4.23. The average Bonchev–Trinajstić information content (AvgIpc) is 2.53. The van der Waals surface area contributed by atoms with Crippen LogP contribution in [0.15, 0.2) is 23.3 Å². The number of thiocarbonyl (C=S) groups is 1. The first-order valence-electron chi connectivity index (χ1n) is 7.14. The van der Waals surface area contributed by atoms with Gasteiger partial charge in [0, 0.05) is 6.54 Å². The highest BCUT2D eigenvalue weighted by Gasteiger charge is 2.08. The van der Waals surface area contributed by atoms with Crippen molar-refractivity contribution in [1.29, 1.82) is 0 Å². The number of methoxy groups -OCH3 is 1. The Morgan fingerprint density at radius 3 is 2.78 bits per heavy atom. The second-order valence-corrected chi connectivity index (χ2v) is 4.64. The van der Waals surface area contributed by atoms with Crippen LogP contribution in [0, 0.1) is 0 Å². The van der Waals surface area contributed by atoms with Crippen molar-refractivity contribution in [3.05, 3.63) is 23.8 Å². The Hall–Kier alpha value is -2.35. The van der Waals surface area contributed by atoms with E-state index in [4.69, 9.17) is 26.4 Å². The molecule has 126 valence electrons. The maximum Gasteiger partial charge on any atom is 0.344 e. The summed E-state index contributed by atoms with van der Waals surface area (Å²) in [6.07, 6.45) is 1.58. The van der Waals surface area contributed by atoms with Crippen LogP contribution < -0.4 is 20.2 Å². The van der Waals surface area contributed by atoms with Gasteiger partial charge in [-0.15, -0.1) is 0 Å². The van der Waals surface area contributed by atoms with Gasteiger partial charge in [-0.25, -0.2) is 4.79 Å². The lowest BCUT2D eigenvalue weighted by Gasteiger charge is -2.10. The van der Waals surface area contributed by atoms with Crippen molar-refractivity contribution in [3.63, 3.8) is 0 Å². The third-order valence-corrected chi connectivity index (χ3v) is 2.79. The summed E-state index contributed by atoms with van der Waals surface area (Å²) in [4.78, 5) is 11.4. The van der Waals surface area contributed by atoms with Crippen LogP contribution >= 0.6 is 12.2 Å². The number of hydrogen-bond donors (Lipinski definition) is 2. The highest BCUT2D eigenvalue weighted by atomic mass is 32.1. The fourth-order valence-electron chi connectivity index (χ4n) is 1.59. The lowest BCUT2D eigenvalue weighted by atomic mass is 10.2. The van der Waals surface area contributed by atoms with Crippen molar-refractivity contribution in [2.45, 2.75) is 13.8 Å². The number of hydrogen-bond acceptors (Lipinski definition) is 6. The van der Waals surface area contributed by atoms with E-state index in [0.717, 1.165) is 12.1 Å². The van der Waals surface area contributed by atoms with Crippen molar-refractivity contribution < 1.29 is 19.0 Å². The van der Waals surface area contributed by atoms with E-state index in [-0.39, 0.29) is 6.61 Å². The Balaban J connectivity index is 2.72. The molecule has 1 aromatic carbocycles. The van der Waals surface area contributed by atoms with Gasteiger partial charge in [0.15, 0.2) is 23.2 Å². The van der Waals surface area contributed by atoms with Crippen LogP contribution in [0.2, 0.25) is 0 Å². The Bertz CT molecular complexity index is 564. The average molecular weight is 339 g/mol. The quantitative estimate of drug-likeness (QED) is 0.321. The van der Waals surface area contributed by atoms with Crippen LogP contribution in [0.4, 0.5) is 0 Å². The number of nitrogens with zero attached hydrogens (tertiary/aromatic N) is 1. The van der Waals surface area contributed by atoms with Gasteiger partial charge in [0.25, 0.3) is 0 Å². The molecule has 0 aromatic heterocycles. The fraction of sp³-hybridized carbons (Fsp3) is 0.400. The number of esters is 1. The van der Waals surface area contributed by atoms with Gasteiger partial charge in [0.05, 0.1) is 19.9 Å². The van der Waals surface area contributed by atoms with E-state index < -0.39 is 5.97 Å². The van der Waals surface area contributed by atoms with Gasteiger partial charge in [-0.05, 0) is 49.8 Å². The third kappa shape index (κ3) is 6.96. The molecule has 0 heterocycles. The summed E-state index contributed by atoms with van der Waals surface area (Å²) in [5, 5.41) is 7.37. The van der Waals surface area contributed by atoms with E-state index in [1.165, 1.54) is 7.11 Å². The van der Waals surface area contributed by atoms with E-state index in [1.54, 1.807) is 31.3 Å². The molecule has 8 heteroatoms. The minimum atomic E-state index is -0.439. The van der Waals surface area contributed by atoms with E-state index in [2.05, 4.69) is 15.8 Å². The highest BCUT2D eigenvalue weighted by molar-refractivity contribution is 7.80. The van der Waals surface area contributed by atoms with E-state index >= 15 is 0 Å². The SMILES string of the molecule is CCNC(=S)N/N=C/c1ccc(OC)c(OCC(=O)OCC)c1. The Kier molecular flexibility index (Phi) is 8.45. The molecule has 0 radical (unpaired) electrons. The first kappa shape index (κ1) is 18.7. The van der Waals surface area contributed by atoms with Gasteiger partial charge in [0.2, 0.25) is 0 Å². The molecule has 0 spiro atoms.